The number of alkyl halides is 2. The highest BCUT2D eigenvalue weighted by atomic mass is 19.3. The van der Waals surface area contributed by atoms with Gasteiger partial charge < -0.3 is 0 Å². The predicted molar refractivity (Wildman–Crippen MR) is 47.4 cm³/mol. The zero-order chi connectivity index (χ0) is 10.1. The molecule has 2 aliphatic carbocycles. The number of hydrogen-bond donors (Lipinski definition) is 0. The van der Waals surface area contributed by atoms with Crippen LogP contribution in [0.1, 0.15) is 36.2 Å². The molecule has 2 atom stereocenters. The van der Waals surface area contributed by atoms with E-state index in [-0.39, 0.29) is 11.6 Å². The van der Waals surface area contributed by atoms with Crippen molar-refractivity contribution in [1.82, 2.24) is 9.78 Å². The van der Waals surface area contributed by atoms with Crippen LogP contribution in [0, 0.1) is 12.8 Å². The van der Waals surface area contributed by atoms with Gasteiger partial charge in [0.1, 0.15) is 5.69 Å². The van der Waals surface area contributed by atoms with Gasteiger partial charge in [-0.05, 0) is 26.2 Å². The van der Waals surface area contributed by atoms with Crippen LogP contribution >= 0.6 is 0 Å². The second-order valence-electron chi connectivity index (χ2n) is 4.24. The van der Waals surface area contributed by atoms with Gasteiger partial charge in [-0.2, -0.15) is 13.9 Å². The Bertz CT molecular complexity index is 408. The van der Waals surface area contributed by atoms with E-state index in [1.165, 1.54) is 4.68 Å². The zero-order valence-corrected chi connectivity index (χ0v) is 8.22. The molecule has 1 aromatic heterocycles. The summed E-state index contributed by atoms with van der Waals surface area (Å²) in [6, 6.07) is 0. The van der Waals surface area contributed by atoms with E-state index in [9.17, 15) is 8.78 Å². The van der Waals surface area contributed by atoms with Gasteiger partial charge in [-0.15, -0.1) is 0 Å². The molecule has 0 spiro atoms. The summed E-state index contributed by atoms with van der Waals surface area (Å²) in [5, 5.41) is 4.16. The molecule has 2 aliphatic rings. The van der Waals surface area contributed by atoms with Crippen LogP contribution in [0.15, 0.2) is 0 Å². The third kappa shape index (κ3) is 0.735. The summed E-state index contributed by atoms with van der Waals surface area (Å²) >= 11 is 0. The van der Waals surface area contributed by atoms with Crippen molar-refractivity contribution < 1.29 is 8.78 Å². The van der Waals surface area contributed by atoms with Crippen LogP contribution in [0.25, 0.3) is 0 Å². The van der Waals surface area contributed by atoms with Crippen molar-refractivity contribution in [2.24, 2.45) is 5.92 Å². The van der Waals surface area contributed by atoms with Crippen molar-refractivity contribution in [2.75, 3.05) is 0 Å². The molecule has 0 N–H and O–H groups in total. The summed E-state index contributed by atoms with van der Waals surface area (Å²) < 4.78 is 29.0. The van der Waals surface area contributed by atoms with E-state index in [0.717, 1.165) is 11.3 Å². The van der Waals surface area contributed by atoms with E-state index >= 15 is 0 Å². The topological polar surface area (TPSA) is 17.8 Å². The first-order valence-corrected chi connectivity index (χ1v) is 5.03. The Morgan fingerprint density at radius 2 is 2.29 bits per heavy atom. The molecule has 76 valence electrons. The normalized spacial score (nSPS) is 31.4. The summed E-state index contributed by atoms with van der Waals surface area (Å²) in [4.78, 5) is 0. The molecule has 4 heteroatoms. The maximum atomic E-state index is 13.8. The van der Waals surface area contributed by atoms with E-state index in [1.807, 2.05) is 13.8 Å². The third-order valence-corrected chi connectivity index (χ3v) is 3.42. The SMILES string of the molecule is CCn1nc(C)c2c1C(F)(F)C1CC21. The van der Waals surface area contributed by atoms with Gasteiger partial charge in [0.2, 0.25) is 0 Å². The Morgan fingerprint density at radius 3 is 2.93 bits per heavy atom. The Morgan fingerprint density at radius 1 is 1.57 bits per heavy atom. The molecule has 2 unspecified atom stereocenters. The van der Waals surface area contributed by atoms with Crippen molar-refractivity contribution in [3.8, 4) is 0 Å². The van der Waals surface area contributed by atoms with Crippen LogP contribution in [-0.4, -0.2) is 9.78 Å². The Hall–Kier alpha value is -0.930. The number of aromatic nitrogens is 2. The zero-order valence-electron chi connectivity index (χ0n) is 8.22. The molecule has 0 radical (unpaired) electrons. The van der Waals surface area contributed by atoms with E-state index in [1.54, 1.807) is 0 Å². The van der Waals surface area contributed by atoms with E-state index in [2.05, 4.69) is 5.10 Å². The van der Waals surface area contributed by atoms with Gasteiger partial charge >= 0.3 is 0 Å². The summed E-state index contributed by atoms with van der Waals surface area (Å²) in [5.41, 5.74) is 1.83. The van der Waals surface area contributed by atoms with Crippen molar-refractivity contribution >= 4 is 0 Å². The van der Waals surface area contributed by atoms with Gasteiger partial charge in [-0.1, -0.05) is 0 Å². The number of hydrogen-bond acceptors (Lipinski definition) is 1. The summed E-state index contributed by atoms with van der Waals surface area (Å²) in [6.45, 7) is 4.22. The highest BCUT2D eigenvalue weighted by molar-refractivity contribution is 5.45. The Kier molecular flexibility index (Phi) is 1.30. The molecule has 0 aliphatic heterocycles. The lowest BCUT2D eigenvalue weighted by Crippen LogP contribution is -2.19. The van der Waals surface area contributed by atoms with Crippen LogP contribution in [0.5, 0.6) is 0 Å². The first kappa shape index (κ1) is 8.38. The average Bonchev–Trinajstić information content (AvgIpc) is 2.79. The van der Waals surface area contributed by atoms with Gasteiger partial charge in [0.05, 0.1) is 5.69 Å². The minimum atomic E-state index is -2.63. The van der Waals surface area contributed by atoms with Crippen LogP contribution < -0.4 is 0 Å². The molecule has 14 heavy (non-hydrogen) atoms. The largest absolute Gasteiger partial charge is 0.293 e. The van der Waals surface area contributed by atoms with Crippen LogP contribution in [0.4, 0.5) is 8.78 Å². The van der Waals surface area contributed by atoms with E-state index in [4.69, 9.17) is 0 Å². The van der Waals surface area contributed by atoms with Crippen LogP contribution in [0.3, 0.4) is 0 Å². The number of nitrogens with zero attached hydrogens (tertiary/aromatic N) is 2. The highest BCUT2D eigenvalue weighted by Gasteiger charge is 2.66. The number of aryl methyl sites for hydroxylation is 2. The minimum absolute atomic E-state index is 0.0975. The second kappa shape index (κ2) is 2.18. The van der Waals surface area contributed by atoms with Crippen molar-refractivity contribution in [3.63, 3.8) is 0 Å². The smallest absolute Gasteiger partial charge is 0.263 e. The molecule has 2 nitrogen and oxygen atoms in total. The Labute approximate surface area is 80.9 Å². The third-order valence-electron chi connectivity index (χ3n) is 3.42. The fraction of sp³-hybridized carbons (Fsp3) is 0.700. The highest BCUT2D eigenvalue weighted by Crippen LogP contribution is 2.67. The molecule has 3 rings (SSSR count). The summed E-state index contributed by atoms with van der Waals surface area (Å²) in [5.74, 6) is -2.95. The van der Waals surface area contributed by atoms with E-state index < -0.39 is 11.8 Å². The average molecular weight is 198 g/mol. The van der Waals surface area contributed by atoms with Crippen molar-refractivity contribution in [2.45, 2.75) is 38.7 Å². The predicted octanol–water partition coefficient (Wildman–Crippen LogP) is 2.42. The minimum Gasteiger partial charge on any atom is -0.263 e. The standard InChI is InChI=1S/C10H12F2N2/c1-3-14-9-8(5(2)13-14)6-4-7(6)10(9,11)12/h6-7H,3-4H2,1-2H3. The summed E-state index contributed by atoms with van der Waals surface area (Å²) in [6.07, 6.45) is 0.649. The number of halogens is 2. The van der Waals surface area contributed by atoms with E-state index in [0.29, 0.717) is 13.0 Å². The number of rotatable bonds is 1. The molecule has 1 saturated carbocycles. The lowest BCUT2D eigenvalue weighted by atomic mass is 10.1. The van der Waals surface area contributed by atoms with Crippen molar-refractivity contribution in [3.05, 3.63) is 17.0 Å². The molecule has 0 aromatic carbocycles. The lowest BCUT2D eigenvalue weighted by molar-refractivity contribution is -0.0308. The van der Waals surface area contributed by atoms with Crippen LogP contribution in [-0.2, 0) is 12.5 Å². The maximum absolute atomic E-state index is 13.8. The molecular weight excluding hydrogens is 186 g/mol. The molecule has 0 amide bonds. The number of fused-ring (bicyclic) bond motifs is 3. The monoisotopic (exact) mass is 198 g/mol. The summed E-state index contributed by atoms with van der Waals surface area (Å²) in [7, 11) is 0. The van der Waals surface area contributed by atoms with Gasteiger partial charge in [0.15, 0.2) is 0 Å². The fourth-order valence-electron chi connectivity index (χ4n) is 2.71. The molecule has 1 aromatic rings. The fourth-order valence-corrected chi connectivity index (χ4v) is 2.71. The van der Waals surface area contributed by atoms with Gasteiger partial charge in [0.25, 0.3) is 5.92 Å². The maximum Gasteiger partial charge on any atom is 0.293 e. The Balaban J connectivity index is 2.26. The molecule has 1 heterocycles. The van der Waals surface area contributed by atoms with Crippen LogP contribution in [0.2, 0.25) is 0 Å². The first-order chi connectivity index (χ1) is 6.57. The molecule has 0 bridgehead atoms. The van der Waals surface area contributed by atoms with Gasteiger partial charge in [-0.3, -0.25) is 4.68 Å². The van der Waals surface area contributed by atoms with Crippen molar-refractivity contribution in [1.29, 1.82) is 0 Å². The lowest BCUT2D eigenvalue weighted by Gasteiger charge is -2.14. The first-order valence-electron chi connectivity index (χ1n) is 5.03. The quantitative estimate of drug-likeness (QED) is 0.677. The molecule has 1 fully saturated rings. The second-order valence-corrected chi connectivity index (χ2v) is 4.24. The van der Waals surface area contributed by atoms with Gasteiger partial charge in [-0.25, -0.2) is 0 Å². The molecule has 0 saturated heterocycles. The molecular formula is C10H12F2N2. The van der Waals surface area contributed by atoms with Gasteiger partial charge in [0, 0.05) is 18.0 Å².